The molecule has 1 aromatic rings. The summed E-state index contributed by atoms with van der Waals surface area (Å²) in [5, 5.41) is 6.37. The molecule has 0 aromatic heterocycles. The normalized spacial score (nSPS) is 19.2. The van der Waals surface area contributed by atoms with Gasteiger partial charge >= 0.3 is 0 Å². The highest BCUT2D eigenvalue weighted by Gasteiger charge is 2.21. The van der Waals surface area contributed by atoms with E-state index < -0.39 is 6.10 Å². The second-order valence-electron chi connectivity index (χ2n) is 3.53. The molecule has 1 aromatic carbocycles. The Kier molecular flexibility index (Phi) is 5.71. The first-order valence-corrected chi connectivity index (χ1v) is 5.53. The maximum Gasteiger partial charge on any atom is 0.254 e. The molecule has 1 heterocycles. The number of rotatable bonds is 2. The summed E-state index contributed by atoms with van der Waals surface area (Å²) in [5.41, 5.74) is 0.614. The lowest BCUT2D eigenvalue weighted by atomic mass is 10.2. The van der Waals surface area contributed by atoms with Gasteiger partial charge in [0, 0.05) is 13.1 Å². The topological polar surface area (TPSA) is 50.4 Å². The lowest BCUT2D eigenvalue weighted by Crippen LogP contribution is -2.45. The third-order valence-electron chi connectivity index (χ3n) is 2.35. The maximum absolute atomic E-state index is 11.8. The molecule has 1 fully saturated rings. The molecule has 1 unspecified atom stereocenters. The van der Waals surface area contributed by atoms with Crippen LogP contribution in [0.4, 0.5) is 5.69 Å². The average Bonchev–Trinajstić information content (AvgIpc) is 2.33. The lowest BCUT2D eigenvalue weighted by molar-refractivity contribution is -0.128. The Morgan fingerprint density at radius 2 is 2.24 bits per heavy atom. The second kappa shape index (κ2) is 6.81. The van der Waals surface area contributed by atoms with Crippen molar-refractivity contribution in [1.82, 2.24) is 5.32 Å². The maximum atomic E-state index is 11.8. The predicted molar refractivity (Wildman–Crippen MR) is 69.9 cm³/mol. The largest absolute Gasteiger partial charge is 0.366 e. The third-order valence-corrected chi connectivity index (χ3v) is 2.68. The highest BCUT2D eigenvalue weighted by atomic mass is 35.5. The van der Waals surface area contributed by atoms with Gasteiger partial charge < -0.3 is 15.4 Å². The minimum absolute atomic E-state index is 0. The van der Waals surface area contributed by atoms with Gasteiger partial charge in [0.1, 0.15) is 6.10 Å². The van der Waals surface area contributed by atoms with E-state index in [0.717, 1.165) is 6.54 Å². The van der Waals surface area contributed by atoms with E-state index in [0.29, 0.717) is 23.9 Å². The lowest BCUT2D eigenvalue weighted by Gasteiger charge is -2.22. The SMILES string of the molecule is Cl.O=C(Nc1ccccc1Cl)C1CNCCO1. The Morgan fingerprint density at radius 3 is 2.88 bits per heavy atom. The van der Waals surface area contributed by atoms with E-state index in [1.54, 1.807) is 12.1 Å². The summed E-state index contributed by atoms with van der Waals surface area (Å²) < 4.78 is 5.33. The molecule has 4 nitrogen and oxygen atoms in total. The van der Waals surface area contributed by atoms with Crippen molar-refractivity contribution < 1.29 is 9.53 Å². The Balaban J connectivity index is 0.00000144. The van der Waals surface area contributed by atoms with Gasteiger partial charge in [0.25, 0.3) is 5.91 Å². The van der Waals surface area contributed by atoms with E-state index in [-0.39, 0.29) is 18.3 Å². The van der Waals surface area contributed by atoms with Crippen LogP contribution in [0.3, 0.4) is 0 Å². The fourth-order valence-corrected chi connectivity index (χ4v) is 1.69. The van der Waals surface area contributed by atoms with E-state index in [4.69, 9.17) is 16.3 Å². The van der Waals surface area contributed by atoms with Gasteiger partial charge in [-0.15, -0.1) is 12.4 Å². The molecule has 94 valence electrons. The molecule has 1 aliphatic heterocycles. The predicted octanol–water partition coefficient (Wildman–Crippen LogP) is 1.69. The summed E-state index contributed by atoms with van der Waals surface area (Å²) in [7, 11) is 0. The quantitative estimate of drug-likeness (QED) is 0.865. The summed E-state index contributed by atoms with van der Waals surface area (Å²) in [6, 6.07) is 7.13. The van der Waals surface area contributed by atoms with Gasteiger partial charge in [0.2, 0.25) is 0 Å². The molecule has 1 atom stereocenters. The molecule has 0 spiro atoms. The number of ether oxygens (including phenoxy) is 1. The van der Waals surface area contributed by atoms with Crippen LogP contribution < -0.4 is 10.6 Å². The van der Waals surface area contributed by atoms with Crippen molar-refractivity contribution in [2.45, 2.75) is 6.10 Å². The molecular weight excluding hydrogens is 263 g/mol. The molecule has 0 bridgehead atoms. The molecule has 2 rings (SSSR count). The van der Waals surface area contributed by atoms with Crippen LogP contribution in [0.2, 0.25) is 5.02 Å². The minimum Gasteiger partial charge on any atom is -0.366 e. The first kappa shape index (κ1) is 14.3. The zero-order chi connectivity index (χ0) is 11.4. The zero-order valence-electron chi connectivity index (χ0n) is 9.11. The van der Waals surface area contributed by atoms with Crippen LogP contribution in [0.15, 0.2) is 24.3 Å². The first-order chi connectivity index (χ1) is 7.77. The Labute approximate surface area is 111 Å². The molecule has 1 saturated heterocycles. The number of carbonyl (C=O) groups excluding carboxylic acids is 1. The summed E-state index contributed by atoms with van der Waals surface area (Å²) >= 11 is 5.94. The van der Waals surface area contributed by atoms with Crippen LogP contribution in [0.25, 0.3) is 0 Å². The van der Waals surface area contributed by atoms with Crippen molar-refractivity contribution in [2.75, 3.05) is 25.0 Å². The fraction of sp³-hybridized carbons (Fsp3) is 0.364. The molecule has 6 heteroatoms. The Bertz CT molecular complexity index is 381. The summed E-state index contributed by atoms with van der Waals surface area (Å²) in [5.74, 6) is -0.166. The van der Waals surface area contributed by atoms with Crippen LogP contribution in [-0.4, -0.2) is 31.7 Å². The van der Waals surface area contributed by atoms with Crippen LogP contribution in [0, 0.1) is 0 Å². The molecule has 1 amide bonds. The fourth-order valence-electron chi connectivity index (χ4n) is 1.51. The van der Waals surface area contributed by atoms with Crippen molar-refractivity contribution >= 4 is 35.6 Å². The van der Waals surface area contributed by atoms with Gasteiger partial charge in [-0.05, 0) is 12.1 Å². The van der Waals surface area contributed by atoms with Crippen LogP contribution in [-0.2, 0) is 9.53 Å². The van der Waals surface area contributed by atoms with E-state index in [9.17, 15) is 4.79 Å². The number of amides is 1. The van der Waals surface area contributed by atoms with Gasteiger partial charge in [0.15, 0.2) is 0 Å². The number of benzene rings is 1. The number of hydrogen-bond donors (Lipinski definition) is 2. The summed E-state index contributed by atoms with van der Waals surface area (Å²) in [6.45, 7) is 1.88. The van der Waals surface area contributed by atoms with Crippen molar-refractivity contribution in [3.05, 3.63) is 29.3 Å². The van der Waals surface area contributed by atoms with E-state index in [1.165, 1.54) is 0 Å². The number of para-hydroxylation sites is 1. The van der Waals surface area contributed by atoms with Crippen molar-refractivity contribution in [1.29, 1.82) is 0 Å². The van der Waals surface area contributed by atoms with Crippen molar-refractivity contribution in [2.24, 2.45) is 0 Å². The van der Waals surface area contributed by atoms with Crippen LogP contribution in [0.1, 0.15) is 0 Å². The summed E-state index contributed by atoms with van der Waals surface area (Å²) in [4.78, 5) is 11.8. The number of carbonyl (C=O) groups is 1. The molecule has 0 saturated carbocycles. The van der Waals surface area contributed by atoms with Gasteiger partial charge in [-0.3, -0.25) is 4.79 Å². The number of anilines is 1. The minimum atomic E-state index is -0.440. The zero-order valence-corrected chi connectivity index (χ0v) is 10.7. The van der Waals surface area contributed by atoms with Crippen molar-refractivity contribution in [3.8, 4) is 0 Å². The van der Waals surface area contributed by atoms with Gasteiger partial charge in [-0.25, -0.2) is 0 Å². The Morgan fingerprint density at radius 1 is 1.47 bits per heavy atom. The van der Waals surface area contributed by atoms with E-state index in [2.05, 4.69) is 10.6 Å². The number of nitrogens with one attached hydrogen (secondary N) is 2. The standard InChI is InChI=1S/C11H13ClN2O2.ClH/c12-8-3-1-2-4-9(8)14-11(15)10-7-13-5-6-16-10;/h1-4,10,13H,5-7H2,(H,14,15);1H. The number of halogens is 2. The molecule has 2 N–H and O–H groups in total. The molecule has 1 aliphatic rings. The molecular formula is C11H14Cl2N2O2. The van der Waals surface area contributed by atoms with Gasteiger partial charge in [0.05, 0.1) is 17.3 Å². The highest BCUT2D eigenvalue weighted by molar-refractivity contribution is 6.33. The Hall–Kier alpha value is -0.810. The highest BCUT2D eigenvalue weighted by Crippen LogP contribution is 2.20. The van der Waals surface area contributed by atoms with Crippen LogP contribution >= 0.6 is 24.0 Å². The van der Waals surface area contributed by atoms with E-state index in [1.807, 2.05) is 12.1 Å². The smallest absolute Gasteiger partial charge is 0.254 e. The van der Waals surface area contributed by atoms with Crippen molar-refractivity contribution in [3.63, 3.8) is 0 Å². The van der Waals surface area contributed by atoms with Gasteiger partial charge in [-0.1, -0.05) is 23.7 Å². The molecule has 0 aliphatic carbocycles. The van der Waals surface area contributed by atoms with Gasteiger partial charge in [-0.2, -0.15) is 0 Å². The summed E-state index contributed by atoms with van der Waals surface area (Å²) in [6.07, 6.45) is -0.440. The second-order valence-corrected chi connectivity index (χ2v) is 3.94. The first-order valence-electron chi connectivity index (χ1n) is 5.15. The van der Waals surface area contributed by atoms with E-state index >= 15 is 0 Å². The van der Waals surface area contributed by atoms with Crippen LogP contribution in [0.5, 0.6) is 0 Å². The number of morpholine rings is 1. The molecule has 17 heavy (non-hydrogen) atoms. The monoisotopic (exact) mass is 276 g/mol. The average molecular weight is 277 g/mol. The molecule has 0 radical (unpaired) electrons. The third kappa shape index (κ3) is 3.85. The number of hydrogen-bond acceptors (Lipinski definition) is 3.